The number of nitrogens with two attached hydrogens (primary N) is 1. The lowest BCUT2D eigenvalue weighted by atomic mass is 9.95. The number of rotatable bonds is 4. The van der Waals surface area contributed by atoms with Crippen molar-refractivity contribution in [3.8, 4) is 22.9 Å². The van der Waals surface area contributed by atoms with Gasteiger partial charge in [0.1, 0.15) is 30.7 Å². The molecule has 224 valence electrons. The lowest BCUT2D eigenvalue weighted by Crippen LogP contribution is -2.60. The van der Waals surface area contributed by atoms with E-state index in [4.69, 9.17) is 31.8 Å². The fraction of sp³-hybridized carbons (Fsp3) is 0.500. The quantitative estimate of drug-likeness (QED) is 0.327. The Balaban J connectivity index is 1.24. The average molecular weight is 626 g/mol. The van der Waals surface area contributed by atoms with Gasteiger partial charge in [-0.25, -0.2) is 13.8 Å². The summed E-state index contributed by atoms with van der Waals surface area (Å²) in [5, 5.41) is 4.69. The minimum absolute atomic E-state index is 0.0208. The fourth-order valence-electron chi connectivity index (χ4n) is 8.20. The Labute approximate surface area is 255 Å². The van der Waals surface area contributed by atoms with Crippen LogP contribution < -0.4 is 25.4 Å². The molecule has 43 heavy (non-hydrogen) atoms. The van der Waals surface area contributed by atoms with Gasteiger partial charge in [0.25, 0.3) is 0 Å². The summed E-state index contributed by atoms with van der Waals surface area (Å²) in [5.41, 5.74) is 6.97. The van der Waals surface area contributed by atoms with E-state index in [1.165, 1.54) is 11.3 Å². The van der Waals surface area contributed by atoms with Crippen LogP contribution in [0.25, 0.3) is 32.2 Å². The predicted molar refractivity (Wildman–Crippen MR) is 163 cm³/mol. The first-order chi connectivity index (χ1) is 20.9. The predicted octanol–water partition coefficient (Wildman–Crippen LogP) is 4.94. The number of halogens is 3. The monoisotopic (exact) mass is 625 g/mol. The number of alkyl halides is 1. The molecule has 0 radical (unpaired) electrons. The zero-order valence-electron chi connectivity index (χ0n) is 23.3. The van der Waals surface area contributed by atoms with E-state index in [0.29, 0.717) is 65.3 Å². The summed E-state index contributed by atoms with van der Waals surface area (Å²) in [6.07, 6.45) is 3.46. The maximum absolute atomic E-state index is 16.9. The van der Waals surface area contributed by atoms with Crippen molar-refractivity contribution in [2.24, 2.45) is 0 Å². The van der Waals surface area contributed by atoms with Gasteiger partial charge in [-0.3, -0.25) is 4.90 Å². The smallest absolute Gasteiger partial charge is 0.319 e. The third kappa shape index (κ3) is 3.89. The molecule has 5 atom stereocenters. The van der Waals surface area contributed by atoms with Gasteiger partial charge in [0.2, 0.25) is 0 Å². The van der Waals surface area contributed by atoms with Crippen LogP contribution >= 0.6 is 22.9 Å². The Morgan fingerprint density at radius 3 is 3.02 bits per heavy atom. The van der Waals surface area contributed by atoms with E-state index >= 15 is 4.39 Å². The topological polar surface area (TPSA) is 102 Å². The summed E-state index contributed by atoms with van der Waals surface area (Å²) in [4.78, 5) is 18.5. The molecule has 2 aromatic carbocycles. The van der Waals surface area contributed by atoms with E-state index in [1.807, 2.05) is 12.1 Å². The number of fused-ring (bicyclic) bond motifs is 7. The third-order valence-electron chi connectivity index (χ3n) is 10.1. The molecule has 2 aromatic heterocycles. The molecule has 0 aliphatic carbocycles. The van der Waals surface area contributed by atoms with Gasteiger partial charge in [0.15, 0.2) is 16.7 Å². The Hall–Kier alpha value is -3.06. The number of hydrogen-bond donors (Lipinski definition) is 2. The fourth-order valence-corrected chi connectivity index (χ4v) is 9.30. The number of benzene rings is 2. The Bertz CT molecular complexity index is 1810. The largest absolute Gasteiger partial charge is 0.489 e. The van der Waals surface area contributed by atoms with Gasteiger partial charge in [0, 0.05) is 42.7 Å². The number of piperazine rings is 1. The number of nitrogens with one attached hydrogen (secondary N) is 1. The van der Waals surface area contributed by atoms with Crippen LogP contribution in [0, 0.1) is 5.82 Å². The molecular formula is C30H30ClF2N7O2S. The number of para-hydroxylation sites is 1. The van der Waals surface area contributed by atoms with Gasteiger partial charge in [0.05, 0.1) is 32.2 Å². The van der Waals surface area contributed by atoms with E-state index in [0.717, 1.165) is 36.9 Å². The second-order valence-electron chi connectivity index (χ2n) is 12.5. The van der Waals surface area contributed by atoms with Gasteiger partial charge in [-0.15, -0.1) is 0 Å². The number of hydrogen-bond acceptors (Lipinski definition) is 10. The zero-order chi connectivity index (χ0) is 29.0. The first-order valence-corrected chi connectivity index (χ1v) is 16.1. The third-order valence-corrected chi connectivity index (χ3v) is 11.3. The van der Waals surface area contributed by atoms with E-state index in [2.05, 4.69) is 25.1 Å². The van der Waals surface area contributed by atoms with Crippen molar-refractivity contribution in [1.82, 2.24) is 25.2 Å². The summed E-state index contributed by atoms with van der Waals surface area (Å²) >= 11 is 8.40. The molecule has 9 nitrogen and oxygen atoms in total. The average Bonchev–Trinajstić information content (AvgIpc) is 3.72. The maximum atomic E-state index is 16.9. The van der Waals surface area contributed by atoms with Crippen molar-refractivity contribution in [2.45, 2.75) is 61.9 Å². The van der Waals surface area contributed by atoms with Crippen LogP contribution in [0.4, 0.5) is 19.7 Å². The standard InChI is InChI=1S/C30H30ClF2N7O2S/c31-22-20(16-3-1-4-19-24(16)36-28(34)43-19)23(33)25-21-26(22)41-12-18-17-6-5-15(35-17)11-40(18)27(21)38-29(37-25)42-13-30-7-2-8-39(30)10-14(32)9-30/h1,3-4,14-15,17-18,35H,2,5-13H2,(H2,34,36)/t14-,15?,17?,18?,30+/m1/s1. The van der Waals surface area contributed by atoms with Gasteiger partial charge < -0.3 is 25.4 Å². The molecule has 5 aliphatic heterocycles. The summed E-state index contributed by atoms with van der Waals surface area (Å²) in [6.45, 7) is 2.58. The van der Waals surface area contributed by atoms with Crippen LogP contribution in [-0.4, -0.2) is 82.5 Å². The second-order valence-corrected chi connectivity index (χ2v) is 14.0. The first-order valence-electron chi connectivity index (χ1n) is 14.9. The molecule has 3 unspecified atom stereocenters. The normalized spacial score (nSPS) is 29.6. The second kappa shape index (κ2) is 9.47. The number of nitrogens with zero attached hydrogens (tertiary/aromatic N) is 5. The molecule has 7 heterocycles. The van der Waals surface area contributed by atoms with E-state index < -0.39 is 12.0 Å². The highest BCUT2D eigenvalue weighted by atomic mass is 35.5. The van der Waals surface area contributed by atoms with Crippen LogP contribution in [-0.2, 0) is 0 Å². The number of ether oxygens (including phenoxy) is 2. The van der Waals surface area contributed by atoms with Crippen molar-refractivity contribution in [3.05, 3.63) is 29.0 Å². The van der Waals surface area contributed by atoms with E-state index in [1.54, 1.807) is 6.07 Å². The van der Waals surface area contributed by atoms with E-state index in [-0.39, 0.29) is 46.3 Å². The first kappa shape index (κ1) is 26.4. The molecule has 0 amide bonds. The molecule has 4 saturated heterocycles. The number of aromatic nitrogens is 3. The number of anilines is 2. The Morgan fingerprint density at radius 2 is 2.12 bits per heavy atom. The summed E-state index contributed by atoms with van der Waals surface area (Å²) in [7, 11) is 0. The minimum atomic E-state index is -0.882. The molecule has 0 saturated carbocycles. The Morgan fingerprint density at radius 1 is 1.21 bits per heavy atom. The van der Waals surface area contributed by atoms with Crippen LogP contribution in [0.2, 0.25) is 5.02 Å². The molecule has 3 N–H and O–H groups in total. The maximum Gasteiger partial charge on any atom is 0.319 e. The minimum Gasteiger partial charge on any atom is -0.489 e. The Kier molecular flexibility index (Phi) is 5.80. The SMILES string of the molecule is Nc1nc2c(-c3c(Cl)c4c5c(nc(OC[C@@]67CCCN6C[C@H](F)C7)nc5c3F)N3CC5CCC(N5)C3CO4)cccc2s1. The summed E-state index contributed by atoms with van der Waals surface area (Å²) in [6, 6.07) is 6.09. The van der Waals surface area contributed by atoms with Gasteiger partial charge >= 0.3 is 6.01 Å². The molecule has 5 aliphatic rings. The van der Waals surface area contributed by atoms with E-state index in [9.17, 15) is 4.39 Å². The zero-order valence-corrected chi connectivity index (χ0v) is 24.9. The van der Waals surface area contributed by atoms with Crippen molar-refractivity contribution in [1.29, 1.82) is 0 Å². The highest BCUT2D eigenvalue weighted by molar-refractivity contribution is 7.22. The molecule has 4 aromatic rings. The highest BCUT2D eigenvalue weighted by Gasteiger charge is 2.50. The number of thiazole rings is 1. The molecule has 4 fully saturated rings. The van der Waals surface area contributed by atoms with Crippen LogP contribution in [0.15, 0.2) is 18.2 Å². The molecule has 2 bridgehead atoms. The van der Waals surface area contributed by atoms with Crippen molar-refractivity contribution < 1.29 is 18.3 Å². The molecular weight excluding hydrogens is 596 g/mol. The van der Waals surface area contributed by atoms with Gasteiger partial charge in [-0.05, 0) is 38.3 Å². The van der Waals surface area contributed by atoms with Crippen molar-refractivity contribution >= 4 is 55.0 Å². The molecule has 0 spiro atoms. The molecule has 13 heteroatoms. The van der Waals surface area contributed by atoms with Gasteiger partial charge in [-0.1, -0.05) is 35.1 Å². The van der Waals surface area contributed by atoms with Crippen LogP contribution in [0.1, 0.15) is 32.1 Å². The van der Waals surface area contributed by atoms with Gasteiger partial charge in [-0.2, -0.15) is 9.97 Å². The van der Waals surface area contributed by atoms with Crippen LogP contribution in [0.5, 0.6) is 11.8 Å². The highest BCUT2D eigenvalue weighted by Crippen LogP contribution is 2.50. The van der Waals surface area contributed by atoms with Crippen LogP contribution in [0.3, 0.4) is 0 Å². The van der Waals surface area contributed by atoms with Crippen molar-refractivity contribution in [3.63, 3.8) is 0 Å². The lowest BCUT2D eigenvalue weighted by molar-refractivity contribution is 0.107. The molecule has 9 rings (SSSR count). The summed E-state index contributed by atoms with van der Waals surface area (Å²) < 4.78 is 45.0. The summed E-state index contributed by atoms with van der Waals surface area (Å²) in [5.74, 6) is 0.327. The lowest BCUT2D eigenvalue weighted by Gasteiger charge is -2.40. The number of nitrogen functional groups attached to an aromatic ring is 1. The van der Waals surface area contributed by atoms with Crippen molar-refractivity contribution in [2.75, 3.05) is 43.5 Å².